The van der Waals surface area contributed by atoms with Gasteiger partial charge in [0, 0.05) is 16.2 Å². The van der Waals surface area contributed by atoms with Crippen LogP contribution in [0.1, 0.15) is 20.8 Å². The molecule has 3 nitrogen and oxygen atoms in total. The van der Waals surface area contributed by atoms with Gasteiger partial charge in [-0.05, 0) is 18.1 Å². The van der Waals surface area contributed by atoms with Gasteiger partial charge in [-0.3, -0.25) is 5.10 Å². The molecule has 2 heterocycles. The molecule has 1 aromatic carbocycles. The van der Waals surface area contributed by atoms with Crippen molar-refractivity contribution in [3.63, 3.8) is 0 Å². The number of rotatable bonds is 4. The van der Waals surface area contributed by atoms with E-state index >= 15 is 0 Å². The summed E-state index contributed by atoms with van der Waals surface area (Å²) in [5.41, 5.74) is 2.93. The Labute approximate surface area is 129 Å². The lowest BCUT2D eigenvalue weighted by molar-refractivity contribution is 0.641. The van der Waals surface area contributed by atoms with Crippen LogP contribution in [-0.2, 0) is 0 Å². The summed E-state index contributed by atoms with van der Waals surface area (Å²) in [7, 11) is 0. The third-order valence-corrected chi connectivity index (χ3v) is 5.08. The van der Waals surface area contributed by atoms with Gasteiger partial charge in [-0.2, -0.15) is 5.10 Å². The van der Waals surface area contributed by atoms with Crippen molar-refractivity contribution in [2.75, 3.05) is 0 Å². The summed E-state index contributed by atoms with van der Waals surface area (Å²) in [5.74, 6) is 0.633. The minimum absolute atomic E-state index is 0.548. The number of pyridine rings is 1. The predicted molar refractivity (Wildman–Crippen MR) is 89.5 cm³/mol. The Hall–Kier alpha value is -1.81. The number of nitrogens with one attached hydrogen (secondary N) is 1. The monoisotopic (exact) mass is 297 g/mol. The molecule has 108 valence electrons. The molecule has 0 aliphatic rings. The Morgan fingerprint density at radius 2 is 1.76 bits per heavy atom. The highest BCUT2D eigenvalue weighted by molar-refractivity contribution is 7.99. The first-order chi connectivity index (χ1) is 10.1. The first-order valence-corrected chi connectivity index (χ1v) is 8.10. The van der Waals surface area contributed by atoms with Crippen molar-refractivity contribution in [1.82, 2.24) is 15.2 Å². The fourth-order valence-corrected chi connectivity index (χ4v) is 3.04. The molecule has 21 heavy (non-hydrogen) atoms. The summed E-state index contributed by atoms with van der Waals surface area (Å²) < 4.78 is 0. The Morgan fingerprint density at radius 1 is 1.00 bits per heavy atom. The van der Waals surface area contributed by atoms with Gasteiger partial charge >= 0.3 is 0 Å². The summed E-state index contributed by atoms with van der Waals surface area (Å²) in [6, 6.07) is 14.4. The van der Waals surface area contributed by atoms with Crippen molar-refractivity contribution in [3.8, 4) is 11.3 Å². The molecule has 3 aromatic rings. The average Bonchev–Trinajstić information content (AvgIpc) is 2.91. The Kier molecular flexibility index (Phi) is 3.97. The van der Waals surface area contributed by atoms with Gasteiger partial charge < -0.3 is 0 Å². The topological polar surface area (TPSA) is 41.6 Å². The second kappa shape index (κ2) is 5.90. The smallest absolute Gasteiger partial charge is 0.157 e. The first-order valence-electron chi connectivity index (χ1n) is 7.22. The van der Waals surface area contributed by atoms with Crippen LogP contribution < -0.4 is 0 Å². The molecule has 3 rings (SSSR count). The van der Waals surface area contributed by atoms with E-state index in [1.165, 1.54) is 0 Å². The Balaban J connectivity index is 1.95. The predicted octanol–water partition coefficient (Wildman–Crippen LogP) is 4.76. The van der Waals surface area contributed by atoms with E-state index in [0.29, 0.717) is 11.2 Å². The first kappa shape index (κ1) is 14.1. The highest BCUT2D eigenvalue weighted by Gasteiger charge is 2.13. The standard InChI is InChI=1S/C17H19N3S/c1-11(2)12(3)21-15-10-9-14-16(19-20-17(14)18-15)13-7-5-4-6-8-13/h4-12H,1-3H3,(H,18,19,20). The molecule has 1 N–H and O–H groups in total. The molecule has 0 saturated heterocycles. The van der Waals surface area contributed by atoms with Gasteiger partial charge in [0.2, 0.25) is 0 Å². The maximum atomic E-state index is 4.69. The molecular weight excluding hydrogens is 278 g/mol. The van der Waals surface area contributed by atoms with Crippen LogP contribution in [0.15, 0.2) is 47.5 Å². The average molecular weight is 297 g/mol. The molecule has 1 unspecified atom stereocenters. The van der Waals surface area contributed by atoms with Crippen molar-refractivity contribution in [3.05, 3.63) is 42.5 Å². The van der Waals surface area contributed by atoms with E-state index < -0.39 is 0 Å². The number of H-pyrrole nitrogens is 1. The minimum Gasteiger partial charge on any atom is -0.260 e. The molecule has 0 aliphatic carbocycles. The van der Waals surface area contributed by atoms with Gasteiger partial charge in [-0.25, -0.2) is 4.98 Å². The second-order valence-corrected chi connectivity index (χ2v) is 6.95. The quantitative estimate of drug-likeness (QED) is 0.706. The highest BCUT2D eigenvalue weighted by Crippen LogP contribution is 2.30. The summed E-state index contributed by atoms with van der Waals surface area (Å²) in [6.45, 7) is 6.71. The molecule has 0 bridgehead atoms. The van der Waals surface area contributed by atoms with E-state index in [9.17, 15) is 0 Å². The lowest BCUT2D eigenvalue weighted by Gasteiger charge is -2.13. The summed E-state index contributed by atoms with van der Waals surface area (Å²) >= 11 is 1.81. The molecule has 0 spiro atoms. The second-order valence-electron chi connectivity index (χ2n) is 5.55. The lowest BCUT2D eigenvalue weighted by atomic mass is 10.1. The van der Waals surface area contributed by atoms with Crippen LogP contribution in [0.25, 0.3) is 22.3 Å². The zero-order valence-corrected chi connectivity index (χ0v) is 13.3. The number of aromatic nitrogens is 3. The minimum atomic E-state index is 0.548. The summed E-state index contributed by atoms with van der Waals surface area (Å²) in [5, 5.41) is 10.1. The molecule has 2 aromatic heterocycles. The van der Waals surface area contributed by atoms with Crippen LogP contribution in [0.3, 0.4) is 0 Å². The molecule has 0 fully saturated rings. The van der Waals surface area contributed by atoms with Gasteiger partial charge in [0.15, 0.2) is 5.65 Å². The zero-order valence-electron chi connectivity index (χ0n) is 12.5. The molecule has 0 aliphatic heterocycles. The molecule has 0 saturated carbocycles. The normalized spacial score (nSPS) is 13.0. The Bertz CT molecular complexity index is 734. The number of hydrogen-bond donors (Lipinski definition) is 1. The van der Waals surface area contributed by atoms with E-state index in [0.717, 1.165) is 27.3 Å². The van der Waals surface area contributed by atoms with Gasteiger partial charge in [0.25, 0.3) is 0 Å². The van der Waals surface area contributed by atoms with Crippen molar-refractivity contribution in [1.29, 1.82) is 0 Å². The third kappa shape index (κ3) is 2.95. The number of thioether (sulfide) groups is 1. The lowest BCUT2D eigenvalue weighted by Crippen LogP contribution is -2.05. The van der Waals surface area contributed by atoms with Gasteiger partial charge in [0.05, 0.1) is 5.03 Å². The summed E-state index contributed by atoms with van der Waals surface area (Å²) in [6.07, 6.45) is 0. The Morgan fingerprint density at radius 3 is 2.48 bits per heavy atom. The maximum absolute atomic E-state index is 4.69. The largest absolute Gasteiger partial charge is 0.260 e. The van der Waals surface area contributed by atoms with E-state index in [2.05, 4.69) is 60.2 Å². The van der Waals surface area contributed by atoms with Crippen LogP contribution >= 0.6 is 11.8 Å². The highest BCUT2D eigenvalue weighted by atomic mass is 32.2. The van der Waals surface area contributed by atoms with Crippen LogP contribution in [0, 0.1) is 5.92 Å². The van der Waals surface area contributed by atoms with Crippen molar-refractivity contribution < 1.29 is 0 Å². The number of nitrogens with zero attached hydrogens (tertiary/aromatic N) is 2. The number of hydrogen-bond acceptors (Lipinski definition) is 3. The number of fused-ring (bicyclic) bond motifs is 1. The third-order valence-electron chi connectivity index (χ3n) is 3.69. The number of benzene rings is 1. The van der Waals surface area contributed by atoms with E-state index in [1.54, 1.807) is 0 Å². The van der Waals surface area contributed by atoms with Crippen molar-refractivity contribution >= 4 is 22.8 Å². The van der Waals surface area contributed by atoms with Crippen LogP contribution in [0.4, 0.5) is 0 Å². The van der Waals surface area contributed by atoms with Crippen LogP contribution in [-0.4, -0.2) is 20.4 Å². The van der Waals surface area contributed by atoms with Gasteiger partial charge in [-0.1, -0.05) is 51.1 Å². The zero-order chi connectivity index (χ0) is 14.8. The molecular formula is C17H19N3S. The maximum Gasteiger partial charge on any atom is 0.157 e. The van der Waals surface area contributed by atoms with Gasteiger partial charge in [-0.15, -0.1) is 11.8 Å². The van der Waals surface area contributed by atoms with Gasteiger partial charge in [0.1, 0.15) is 5.69 Å². The summed E-state index contributed by atoms with van der Waals surface area (Å²) in [4.78, 5) is 4.69. The number of aromatic amines is 1. The van der Waals surface area contributed by atoms with E-state index in [-0.39, 0.29) is 0 Å². The van der Waals surface area contributed by atoms with Crippen molar-refractivity contribution in [2.24, 2.45) is 5.92 Å². The van der Waals surface area contributed by atoms with E-state index in [1.807, 2.05) is 30.0 Å². The van der Waals surface area contributed by atoms with E-state index in [4.69, 9.17) is 0 Å². The van der Waals surface area contributed by atoms with Crippen molar-refractivity contribution in [2.45, 2.75) is 31.0 Å². The fraction of sp³-hybridized carbons (Fsp3) is 0.294. The molecule has 0 radical (unpaired) electrons. The van der Waals surface area contributed by atoms with Crippen LogP contribution in [0.2, 0.25) is 0 Å². The van der Waals surface area contributed by atoms with Crippen LogP contribution in [0.5, 0.6) is 0 Å². The SMILES string of the molecule is CC(C)C(C)Sc1ccc2c(-c3ccccc3)n[nH]c2n1. The fourth-order valence-electron chi connectivity index (χ4n) is 2.09. The molecule has 0 amide bonds. The molecule has 4 heteroatoms. The molecule has 1 atom stereocenters.